The van der Waals surface area contributed by atoms with E-state index < -0.39 is 34.2 Å². The molecule has 2 aromatic rings. The quantitative estimate of drug-likeness (QED) is 0.610. The van der Waals surface area contributed by atoms with Crippen LogP contribution in [0.5, 0.6) is 0 Å². The van der Waals surface area contributed by atoms with Crippen LogP contribution in [0.15, 0.2) is 23.2 Å². The summed E-state index contributed by atoms with van der Waals surface area (Å²) >= 11 is 0. The molecule has 0 aliphatic carbocycles. The Hall–Kier alpha value is -2.17. The van der Waals surface area contributed by atoms with Crippen LogP contribution in [0.4, 0.5) is 18.9 Å². The van der Waals surface area contributed by atoms with Crippen molar-refractivity contribution < 1.29 is 23.1 Å². The van der Waals surface area contributed by atoms with Crippen molar-refractivity contribution in [2.24, 2.45) is 7.05 Å². The minimum absolute atomic E-state index is 0.117. The first kappa shape index (κ1) is 18.6. The summed E-state index contributed by atoms with van der Waals surface area (Å²) in [6, 6.07) is 1.16. The predicted octanol–water partition coefficient (Wildman–Crippen LogP) is 2.25. The van der Waals surface area contributed by atoms with Gasteiger partial charge in [-0.15, -0.1) is 0 Å². The molecular formula is C16H17F3N4O2S. The first-order valence-electron chi connectivity index (χ1n) is 7.78. The number of nitrogens with zero attached hydrogens (tertiary/aromatic N) is 1. The highest BCUT2D eigenvalue weighted by Gasteiger charge is 2.27. The van der Waals surface area contributed by atoms with Gasteiger partial charge in [0.05, 0.1) is 11.5 Å². The van der Waals surface area contributed by atoms with Crippen LogP contribution in [0.25, 0.3) is 0 Å². The Balaban J connectivity index is 1.93. The zero-order valence-electron chi connectivity index (χ0n) is 13.8. The number of fused-ring (bicyclic) bond motifs is 1. The average molecular weight is 386 g/mol. The van der Waals surface area contributed by atoms with Gasteiger partial charge in [-0.1, -0.05) is 0 Å². The number of halogens is 3. The van der Waals surface area contributed by atoms with E-state index >= 15 is 0 Å². The van der Waals surface area contributed by atoms with Crippen LogP contribution in [0, 0.1) is 22.2 Å². The predicted molar refractivity (Wildman–Crippen MR) is 90.4 cm³/mol. The normalized spacial score (nSPS) is 19.7. The Bertz CT molecular complexity index is 877. The van der Waals surface area contributed by atoms with E-state index in [0.29, 0.717) is 35.4 Å². The van der Waals surface area contributed by atoms with E-state index in [1.165, 1.54) is 0 Å². The van der Waals surface area contributed by atoms with Crippen LogP contribution < -0.4 is 10.0 Å². The Morgan fingerprint density at radius 2 is 2.08 bits per heavy atom. The third-order valence-corrected chi connectivity index (χ3v) is 5.53. The topological polar surface area (TPSA) is 90.1 Å². The van der Waals surface area contributed by atoms with Crippen molar-refractivity contribution in [3.63, 3.8) is 0 Å². The summed E-state index contributed by atoms with van der Waals surface area (Å²) in [4.78, 5) is 13.3. The summed E-state index contributed by atoms with van der Waals surface area (Å²) in [6.45, 7) is -0.117. The molecule has 1 aliphatic rings. The lowest BCUT2D eigenvalue weighted by atomic mass is 10.1. The SMILES string of the molecule is Cn1cc2c(c1C(=O)Nc1cc(F)c(F)c(F)c1)CC[C@H](CO)NS2=N. The molecule has 1 amide bonds. The molecule has 1 aliphatic heterocycles. The van der Waals surface area contributed by atoms with E-state index in [4.69, 9.17) is 4.78 Å². The Labute approximate surface area is 150 Å². The largest absolute Gasteiger partial charge is 0.395 e. The maximum atomic E-state index is 13.3. The molecule has 2 atom stereocenters. The van der Waals surface area contributed by atoms with Gasteiger partial charge in [0, 0.05) is 37.1 Å². The van der Waals surface area contributed by atoms with E-state index in [9.17, 15) is 23.1 Å². The zero-order valence-corrected chi connectivity index (χ0v) is 14.6. The molecule has 0 radical (unpaired) electrons. The monoisotopic (exact) mass is 386 g/mol. The number of nitrogens with one attached hydrogen (secondary N) is 3. The number of rotatable bonds is 3. The second kappa shape index (κ2) is 7.22. The minimum atomic E-state index is -1.60. The second-order valence-electron chi connectivity index (χ2n) is 5.98. The van der Waals surface area contributed by atoms with Crippen molar-refractivity contribution >= 4 is 22.5 Å². The lowest BCUT2D eigenvalue weighted by Crippen LogP contribution is -2.32. The van der Waals surface area contributed by atoms with Crippen LogP contribution in [0.3, 0.4) is 0 Å². The van der Waals surface area contributed by atoms with Crippen molar-refractivity contribution in [3.05, 3.63) is 47.0 Å². The maximum absolute atomic E-state index is 13.3. The number of hydrogen-bond acceptors (Lipinski definition) is 3. The number of carbonyl (C=O) groups is 1. The minimum Gasteiger partial charge on any atom is -0.395 e. The number of anilines is 1. The molecule has 10 heteroatoms. The fourth-order valence-electron chi connectivity index (χ4n) is 2.92. The fraction of sp³-hybridized carbons (Fsp3) is 0.312. The zero-order chi connectivity index (χ0) is 19.0. The summed E-state index contributed by atoms with van der Waals surface area (Å²) in [7, 11) is 0.529. The molecule has 0 saturated carbocycles. The highest BCUT2D eigenvalue weighted by atomic mass is 32.2. The molecule has 1 unspecified atom stereocenters. The molecule has 6 nitrogen and oxygen atoms in total. The van der Waals surface area contributed by atoms with Crippen molar-refractivity contribution in [2.45, 2.75) is 23.8 Å². The molecule has 26 heavy (non-hydrogen) atoms. The number of amides is 1. The van der Waals surface area contributed by atoms with Gasteiger partial charge in [-0.2, -0.15) is 0 Å². The molecule has 3 rings (SSSR count). The van der Waals surface area contributed by atoms with Gasteiger partial charge in [-0.3, -0.25) is 9.57 Å². The Morgan fingerprint density at radius 3 is 2.69 bits per heavy atom. The Kier molecular flexibility index (Phi) is 5.17. The highest BCUT2D eigenvalue weighted by molar-refractivity contribution is 7.84. The standard InChI is InChI=1S/C16H17F3N4O2S/c1-23-6-13-10(3-2-8(7-24)22-26(13)20)15(23)16(25)21-9-4-11(17)14(19)12(18)5-9/h4-6,8,24H,2-3,7H2,1H3,(H2,20,22)(H,21,25)/t8-,26?/m1/s1. The molecule has 1 aromatic heterocycles. The summed E-state index contributed by atoms with van der Waals surface area (Å²) < 4.78 is 52.5. The van der Waals surface area contributed by atoms with Gasteiger partial charge in [-0.05, 0) is 29.3 Å². The molecule has 140 valence electrons. The van der Waals surface area contributed by atoms with E-state index in [1.54, 1.807) is 17.8 Å². The number of aromatic nitrogens is 1. The lowest BCUT2D eigenvalue weighted by molar-refractivity contribution is 0.101. The van der Waals surface area contributed by atoms with Gasteiger partial charge < -0.3 is 15.0 Å². The van der Waals surface area contributed by atoms with Gasteiger partial charge in [-0.25, -0.2) is 17.9 Å². The molecule has 1 aromatic carbocycles. The molecule has 4 N–H and O–H groups in total. The van der Waals surface area contributed by atoms with Gasteiger partial charge >= 0.3 is 0 Å². The third kappa shape index (κ3) is 3.39. The molecule has 0 spiro atoms. The Morgan fingerprint density at radius 1 is 1.42 bits per heavy atom. The number of hydrogen-bond donors (Lipinski definition) is 4. The molecule has 0 saturated heterocycles. The van der Waals surface area contributed by atoms with E-state index in [1.807, 2.05) is 0 Å². The van der Waals surface area contributed by atoms with Crippen LogP contribution in [-0.2, 0) is 24.3 Å². The summed E-state index contributed by atoms with van der Waals surface area (Å²) in [5.74, 6) is -5.00. The smallest absolute Gasteiger partial charge is 0.272 e. The van der Waals surface area contributed by atoms with E-state index in [-0.39, 0.29) is 24.0 Å². The van der Waals surface area contributed by atoms with Crippen LogP contribution >= 0.6 is 0 Å². The molecule has 0 bridgehead atoms. The van der Waals surface area contributed by atoms with Crippen molar-refractivity contribution in [1.29, 1.82) is 4.78 Å². The summed E-state index contributed by atoms with van der Waals surface area (Å²) in [5.41, 5.74) is 0.705. The maximum Gasteiger partial charge on any atom is 0.272 e. The van der Waals surface area contributed by atoms with Gasteiger partial charge in [0.1, 0.15) is 5.69 Å². The number of aliphatic hydroxyl groups is 1. The lowest BCUT2D eigenvalue weighted by Gasteiger charge is -2.13. The van der Waals surface area contributed by atoms with Crippen molar-refractivity contribution in [2.75, 3.05) is 11.9 Å². The molecular weight excluding hydrogens is 369 g/mol. The third-order valence-electron chi connectivity index (χ3n) is 4.17. The number of aryl methyl sites for hydroxylation is 1. The highest BCUT2D eigenvalue weighted by Crippen LogP contribution is 2.27. The fourth-order valence-corrected chi connectivity index (χ4v) is 4.28. The van der Waals surface area contributed by atoms with Crippen LogP contribution in [0.2, 0.25) is 0 Å². The average Bonchev–Trinajstić information content (AvgIpc) is 2.84. The van der Waals surface area contributed by atoms with Crippen molar-refractivity contribution in [1.82, 2.24) is 9.29 Å². The van der Waals surface area contributed by atoms with Gasteiger partial charge in [0.15, 0.2) is 17.5 Å². The summed E-state index contributed by atoms with van der Waals surface area (Å²) in [5, 5.41) is 11.7. The first-order chi connectivity index (χ1) is 12.3. The number of aliphatic hydroxyl groups excluding tert-OH is 1. The van der Waals surface area contributed by atoms with Gasteiger partial charge in [0.2, 0.25) is 0 Å². The van der Waals surface area contributed by atoms with E-state index in [0.717, 1.165) is 0 Å². The van der Waals surface area contributed by atoms with Gasteiger partial charge in [0.25, 0.3) is 5.91 Å². The number of carbonyl (C=O) groups excluding carboxylic acids is 1. The van der Waals surface area contributed by atoms with E-state index in [2.05, 4.69) is 10.0 Å². The van der Waals surface area contributed by atoms with Crippen LogP contribution in [-0.4, -0.2) is 28.2 Å². The molecule has 2 heterocycles. The number of benzene rings is 1. The van der Waals surface area contributed by atoms with Crippen LogP contribution in [0.1, 0.15) is 22.5 Å². The molecule has 0 fully saturated rings. The summed E-state index contributed by atoms with van der Waals surface area (Å²) in [6.07, 6.45) is 2.65. The second-order valence-corrected chi connectivity index (χ2v) is 7.27. The van der Waals surface area contributed by atoms with Crippen molar-refractivity contribution in [3.8, 4) is 0 Å². The first-order valence-corrected chi connectivity index (χ1v) is 9.01.